The van der Waals surface area contributed by atoms with Crippen LogP contribution in [0.4, 0.5) is 0 Å². The molecule has 0 aliphatic carbocycles. The van der Waals surface area contributed by atoms with Gasteiger partial charge in [-0.1, -0.05) is 25.6 Å². The maximum Gasteiger partial charge on any atom is 0.210 e. The molecule has 7 heteroatoms. The van der Waals surface area contributed by atoms with Crippen molar-refractivity contribution in [3.05, 3.63) is 0 Å². The number of rotatable bonds is 7. The third-order valence-corrected chi connectivity index (χ3v) is 2.64. The molecule has 0 saturated carbocycles. The number of thioether (sulfide) groups is 1. The van der Waals surface area contributed by atoms with E-state index in [-0.39, 0.29) is 0 Å². The molecule has 1 rings (SSSR count). The molecule has 0 aliphatic rings. The van der Waals surface area contributed by atoms with Gasteiger partial charge in [0.2, 0.25) is 5.16 Å². The Balaban J connectivity index is 2.30. The minimum absolute atomic E-state index is 0.375. The normalized spacial score (nSPS) is 10.6. The summed E-state index contributed by atoms with van der Waals surface area (Å²) in [7, 11) is 0. The molecular formula is C9H16N6S. The van der Waals surface area contributed by atoms with Crippen LogP contribution >= 0.6 is 11.8 Å². The van der Waals surface area contributed by atoms with Gasteiger partial charge in [-0.2, -0.15) is 5.26 Å². The standard InChI is InChI=1S/C9H16N6S/c1-8(2)7-11-4-5-15-9(12-13-14-15)16-6-3-10/h8,11H,4-7H2,1-2H3. The number of nitrogens with one attached hydrogen (secondary N) is 1. The van der Waals surface area contributed by atoms with Crippen molar-refractivity contribution in [2.75, 3.05) is 18.8 Å². The molecule has 1 aromatic heterocycles. The molecule has 88 valence electrons. The molecule has 0 unspecified atom stereocenters. The lowest BCUT2D eigenvalue weighted by molar-refractivity contribution is 0.482. The van der Waals surface area contributed by atoms with E-state index in [0.717, 1.165) is 19.6 Å². The maximum atomic E-state index is 8.47. The highest BCUT2D eigenvalue weighted by Crippen LogP contribution is 2.11. The van der Waals surface area contributed by atoms with Crippen molar-refractivity contribution in [3.63, 3.8) is 0 Å². The topological polar surface area (TPSA) is 79.4 Å². The minimum atomic E-state index is 0.375. The average Bonchev–Trinajstić information content (AvgIpc) is 2.69. The van der Waals surface area contributed by atoms with Gasteiger partial charge in [-0.15, -0.1) is 5.10 Å². The average molecular weight is 240 g/mol. The van der Waals surface area contributed by atoms with Gasteiger partial charge in [-0.05, 0) is 22.9 Å². The van der Waals surface area contributed by atoms with Gasteiger partial charge in [-0.3, -0.25) is 0 Å². The number of nitriles is 1. The molecule has 16 heavy (non-hydrogen) atoms. The summed E-state index contributed by atoms with van der Waals surface area (Å²) in [6.45, 7) is 6.88. The van der Waals surface area contributed by atoms with Crippen molar-refractivity contribution >= 4 is 11.8 Å². The van der Waals surface area contributed by atoms with E-state index in [2.05, 4.69) is 40.8 Å². The smallest absolute Gasteiger partial charge is 0.210 e. The molecule has 0 aliphatic heterocycles. The van der Waals surface area contributed by atoms with Crippen LogP contribution in [0, 0.1) is 17.2 Å². The van der Waals surface area contributed by atoms with Crippen LogP contribution in [0.2, 0.25) is 0 Å². The second kappa shape index (κ2) is 7.19. The Kier molecular flexibility index (Phi) is 5.82. The predicted octanol–water partition coefficient (Wildman–Crippen LogP) is 0.534. The van der Waals surface area contributed by atoms with Crippen molar-refractivity contribution in [2.45, 2.75) is 25.5 Å². The number of hydrogen-bond donors (Lipinski definition) is 1. The molecule has 6 nitrogen and oxygen atoms in total. The third-order valence-electron chi connectivity index (χ3n) is 1.82. The highest BCUT2D eigenvalue weighted by atomic mass is 32.2. The minimum Gasteiger partial charge on any atom is -0.315 e. The van der Waals surface area contributed by atoms with Crippen LogP contribution in [0.15, 0.2) is 5.16 Å². The van der Waals surface area contributed by atoms with Gasteiger partial charge in [0.25, 0.3) is 0 Å². The monoisotopic (exact) mass is 240 g/mol. The second-order valence-corrected chi connectivity index (χ2v) is 4.67. The second-order valence-electron chi connectivity index (χ2n) is 3.73. The summed E-state index contributed by atoms with van der Waals surface area (Å²) in [6, 6.07) is 2.05. The van der Waals surface area contributed by atoms with Crippen LogP contribution in [0.1, 0.15) is 13.8 Å². The number of tetrazole rings is 1. The van der Waals surface area contributed by atoms with Crippen molar-refractivity contribution in [2.24, 2.45) is 5.92 Å². The molecule has 0 atom stereocenters. The van der Waals surface area contributed by atoms with Crippen LogP contribution in [0.25, 0.3) is 0 Å². The molecule has 0 fully saturated rings. The Hall–Kier alpha value is -1.13. The molecule has 0 amide bonds. The molecule has 1 heterocycles. The van der Waals surface area contributed by atoms with Crippen LogP contribution in [-0.2, 0) is 6.54 Å². The van der Waals surface area contributed by atoms with E-state index in [1.54, 1.807) is 4.68 Å². The molecule has 0 saturated heterocycles. The summed E-state index contributed by atoms with van der Waals surface area (Å²) in [5.74, 6) is 1.01. The van der Waals surface area contributed by atoms with Gasteiger partial charge >= 0.3 is 0 Å². The molecule has 0 spiro atoms. The van der Waals surface area contributed by atoms with Gasteiger partial charge in [-0.25, -0.2) is 4.68 Å². The highest BCUT2D eigenvalue weighted by Gasteiger charge is 2.05. The zero-order valence-corrected chi connectivity index (χ0v) is 10.4. The summed E-state index contributed by atoms with van der Waals surface area (Å²) < 4.78 is 1.72. The summed E-state index contributed by atoms with van der Waals surface area (Å²) in [5.41, 5.74) is 0. The summed E-state index contributed by atoms with van der Waals surface area (Å²) >= 11 is 1.36. The first-order valence-corrected chi connectivity index (χ1v) is 6.19. The lowest BCUT2D eigenvalue weighted by atomic mass is 10.2. The lowest BCUT2D eigenvalue weighted by Gasteiger charge is -2.07. The van der Waals surface area contributed by atoms with Gasteiger partial charge in [0, 0.05) is 6.54 Å². The number of aromatic nitrogens is 4. The first-order chi connectivity index (χ1) is 7.74. The summed E-state index contributed by atoms with van der Waals surface area (Å²) in [6.07, 6.45) is 0. The van der Waals surface area contributed by atoms with E-state index in [0.29, 0.717) is 16.8 Å². The zero-order chi connectivity index (χ0) is 11.8. The first kappa shape index (κ1) is 12.9. The third kappa shape index (κ3) is 4.59. The van der Waals surface area contributed by atoms with E-state index in [1.165, 1.54) is 11.8 Å². The Bertz CT molecular complexity index is 342. The Morgan fingerprint density at radius 2 is 2.38 bits per heavy atom. The van der Waals surface area contributed by atoms with Crippen molar-refractivity contribution in [1.29, 1.82) is 5.26 Å². The summed E-state index contributed by atoms with van der Waals surface area (Å²) in [5, 5.41) is 23.8. The van der Waals surface area contributed by atoms with Crippen molar-refractivity contribution < 1.29 is 0 Å². The molecular weight excluding hydrogens is 224 g/mol. The zero-order valence-electron chi connectivity index (χ0n) is 9.55. The fraction of sp³-hybridized carbons (Fsp3) is 0.778. The number of nitrogens with zero attached hydrogens (tertiary/aromatic N) is 5. The Labute approximate surface area is 99.4 Å². The van der Waals surface area contributed by atoms with Gasteiger partial charge < -0.3 is 5.32 Å². The fourth-order valence-electron chi connectivity index (χ4n) is 1.11. The van der Waals surface area contributed by atoms with Crippen molar-refractivity contribution in [3.8, 4) is 6.07 Å². The largest absolute Gasteiger partial charge is 0.315 e. The number of hydrogen-bond acceptors (Lipinski definition) is 6. The SMILES string of the molecule is CC(C)CNCCn1nnnc1SCC#N. The molecule has 1 aromatic rings. The quantitative estimate of drug-likeness (QED) is 0.553. The van der Waals surface area contributed by atoms with Gasteiger partial charge in [0.05, 0.1) is 18.4 Å². The van der Waals surface area contributed by atoms with Crippen LogP contribution < -0.4 is 5.32 Å². The molecule has 1 N–H and O–H groups in total. The fourth-order valence-corrected chi connectivity index (χ4v) is 1.68. The van der Waals surface area contributed by atoms with E-state index in [9.17, 15) is 0 Å². The molecule has 0 radical (unpaired) electrons. The van der Waals surface area contributed by atoms with Gasteiger partial charge in [0.1, 0.15) is 0 Å². The van der Waals surface area contributed by atoms with Crippen LogP contribution in [0.5, 0.6) is 0 Å². The Morgan fingerprint density at radius 1 is 1.56 bits per heavy atom. The van der Waals surface area contributed by atoms with Crippen molar-refractivity contribution in [1.82, 2.24) is 25.5 Å². The first-order valence-electron chi connectivity index (χ1n) is 5.20. The summed E-state index contributed by atoms with van der Waals surface area (Å²) in [4.78, 5) is 0. The van der Waals surface area contributed by atoms with E-state index in [4.69, 9.17) is 5.26 Å². The molecule has 0 bridgehead atoms. The van der Waals surface area contributed by atoms with Gasteiger partial charge in [0.15, 0.2) is 0 Å². The van der Waals surface area contributed by atoms with E-state index >= 15 is 0 Å². The maximum absolute atomic E-state index is 8.47. The van der Waals surface area contributed by atoms with Crippen LogP contribution in [-0.4, -0.2) is 39.0 Å². The van der Waals surface area contributed by atoms with Crippen LogP contribution in [0.3, 0.4) is 0 Å². The van der Waals surface area contributed by atoms with E-state index in [1.807, 2.05) is 0 Å². The lowest BCUT2D eigenvalue weighted by Crippen LogP contribution is -2.24. The highest BCUT2D eigenvalue weighted by molar-refractivity contribution is 7.99. The van der Waals surface area contributed by atoms with E-state index < -0.39 is 0 Å². The predicted molar refractivity (Wildman–Crippen MR) is 61.9 cm³/mol. The molecule has 0 aromatic carbocycles. The Morgan fingerprint density at radius 3 is 3.06 bits per heavy atom.